The molecule has 0 heterocycles. The first-order valence-corrected chi connectivity index (χ1v) is 5.83. The molecule has 0 saturated heterocycles. The zero-order valence-electron chi connectivity index (χ0n) is 9.79. The minimum Gasteiger partial charge on any atom is -0.389 e. The standard InChI is InChI=1S/C13H24O/c1-5-8-13(14)9-11(4)6-7-12(13)10(2)3/h5,10-12,14H,1,6-9H2,2-4H3/t11-,12+,13+/m1/s1. The van der Waals surface area contributed by atoms with Crippen molar-refractivity contribution in [3.05, 3.63) is 12.7 Å². The van der Waals surface area contributed by atoms with E-state index in [9.17, 15) is 5.11 Å². The summed E-state index contributed by atoms with van der Waals surface area (Å²) in [5.41, 5.74) is -0.479. The monoisotopic (exact) mass is 196 g/mol. The van der Waals surface area contributed by atoms with Gasteiger partial charge < -0.3 is 5.11 Å². The van der Waals surface area contributed by atoms with Crippen LogP contribution in [0.5, 0.6) is 0 Å². The summed E-state index contributed by atoms with van der Waals surface area (Å²) in [6.07, 6.45) is 6.00. The van der Waals surface area contributed by atoms with Gasteiger partial charge in [0.1, 0.15) is 0 Å². The molecule has 14 heavy (non-hydrogen) atoms. The maximum atomic E-state index is 10.6. The summed E-state index contributed by atoms with van der Waals surface area (Å²) in [7, 11) is 0. The van der Waals surface area contributed by atoms with E-state index in [0.29, 0.717) is 17.8 Å². The van der Waals surface area contributed by atoms with Crippen molar-refractivity contribution in [3.8, 4) is 0 Å². The molecule has 0 radical (unpaired) electrons. The van der Waals surface area contributed by atoms with Crippen LogP contribution in [0.3, 0.4) is 0 Å². The van der Waals surface area contributed by atoms with E-state index in [1.807, 2.05) is 6.08 Å². The Morgan fingerprint density at radius 3 is 2.64 bits per heavy atom. The smallest absolute Gasteiger partial charge is 0.0714 e. The first-order chi connectivity index (χ1) is 6.49. The first-order valence-electron chi connectivity index (χ1n) is 5.83. The molecule has 0 aromatic heterocycles. The van der Waals surface area contributed by atoms with Crippen molar-refractivity contribution in [2.24, 2.45) is 17.8 Å². The summed E-state index contributed by atoms with van der Waals surface area (Å²) in [6, 6.07) is 0. The fourth-order valence-corrected chi connectivity index (χ4v) is 3.03. The number of aliphatic hydroxyl groups is 1. The van der Waals surface area contributed by atoms with Gasteiger partial charge in [-0.05, 0) is 37.0 Å². The van der Waals surface area contributed by atoms with Crippen LogP contribution in [0.2, 0.25) is 0 Å². The molecule has 3 atom stereocenters. The van der Waals surface area contributed by atoms with E-state index in [-0.39, 0.29) is 0 Å². The lowest BCUT2D eigenvalue weighted by molar-refractivity contribution is -0.0775. The van der Waals surface area contributed by atoms with E-state index in [1.54, 1.807) is 0 Å². The third-order valence-electron chi connectivity index (χ3n) is 3.67. The Morgan fingerprint density at radius 1 is 1.50 bits per heavy atom. The quantitative estimate of drug-likeness (QED) is 0.686. The summed E-state index contributed by atoms with van der Waals surface area (Å²) in [5.74, 6) is 1.69. The third-order valence-corrected chi connectivity index (χ3v) is 3.67. The molecule has 1 heteroatoms. The highest BCUT2D eigenvalue weighted by Gasteiger charge is 2.41. The highest BCUT2D eigenvalue weighted by molar-refractivity contribution is 4.97. The molecule has 1 fully saturated rings. The van der Waals surface area contributed by atoms with Gasteiger partial charge in [-0.2, -0.15) is 0 Å². The molecule has 0 aromatic rings. The molecular formula is C13H24O. The fourth-order valence-electron chi connectivity index (χ4n) is 3.03. The van der Waals surface area contributed by atoms with Gasteiger partial charge in [-0.15, -0.1) is 6.58 Å². The summed E-state index contributed by atoms with van der Waals surface area (Å²) in [4.78, 5) is 0. The van der Waals surface area contributed by atoms with Gasteiger partial charge >= 0.3 is 0 Å². The second-order valence-electron chi connectivity index (χ2n) is 5.33. The average Bonchev–Trinajstić information content (AvgIpc) is 2.02. The van der Waals surface area contributed by atoms with Crippen LogP contribution < -0.4 is 0 Å². The normalized spacial score (nSPS) is 38.6. The molecule has 0 unspecified atom stereocenters. The molecule has 1 nitrogen and oxygen atoms in total. The lowest BCUT2D eigenvalue weighted by Gasteiger charge is -2.44. The van der Waals surface area contributed by atoms with Crippen molar-refractivity contribution in [2.75, 3.05) is 0 Å². The van der Waals surface area contributed by atoms with Gasteiger partial charge in [-0.1, -0.05) is 33.3 Å². The molecular weight excluding hydrogens is 172 g/mol. The van der Waals surface area contributed by atoms with Crippen LogP contribution in [-0.2, 0) is 0 Å². The zero-order valence-corrected chi connectivity index (χ0v) is 9.79. The lowest BCUT2D eigenvalue weighted by Crippen LogP contribution is -2.45. The summed E-state index contributed by atoms with van der Waals surface area (Å²) in [5, 5.41) is 10.6. The van der Waals surface area contributed by atoms with Gasteiger partial charge in [0, 0.05) is 0 Å². The average molecular weight is 196 g/mol. The molecule has 1 aliphatic carbocycles. The Bertz CT molecular complexity index is 197. The van der Waals surface area contributed by atoms with Gasteiger partial charge in [0.05, 0.1) is 5.60 Å². The van der Waals surface area contributed by atoms with Crippen LogP contribution in [0.15, 0.2) is 12.7 Å². The van der Waals surface area contributed by atoms with Crippen molar-refractivity contribution in [1.82, 2.24) is 0 Å². The highest BCUT2D eigenvalue weighted by Crippen LogP contribution is 2.42. The number of hydrogen-bond acceptors (Lipinski definition) is 1. The maximum absolute atomic E-state index is 10.6. The van der Waals surface area contributed by atoms with E-state index in [1.165, 1.54) is 12.8 Å². The van der Waals surface area contributed by atoms with Crippen molar-refractivity contribution >= 4 is 0 Å². The Morgan fingerprint density at radius 2 is 2.14 bits per heavy atom. The van der Waals surface area contributed by atoms with E-state index in [2.05, 4.69) is 27.4 Å². The highest BCUT2D eigenvalue weighted by atomic mass is 16.3. The molecule has 0 bridgehead atoms. The summed E-state index contributed by atoms with van der Waals surface area (Å²) in [6.45, 7) is 10.4. The largest absolute Gasteiger partial charge is 0.389 e. The van der Waals surface area contributed by atoms with Crippen LogP contribution in [0.4, 0.5) is 0 Å². The molecule has 1 aliphatic rings. The molecule has 0 aliphatic heterocycles. The van der Waals surface area contributed by atoms with Crippen LogP contribution in [0.25, 0.3) is 0 Å². The lowest BCUT2D eigenvalue weighted by atomic mass is 9.66. The molecule has 0 amide bonds. The Hall–Kier alpha value is -0.300. The van der Waals surface area contributed by atoms with Gasteiger partial charge in [0.2, 0.25) is 0 Å². The maximum Gasteiger partial charge on any atom is 0.0714 e. The molecule has 0 spiro atoms. The molecule has 0 aromatic carbocycles. The predicted molar refractivity (Wildman–Crippen MR) is 61.1 cm³/mol. The van der Waals surface area contributed by atoms with Crippen LogP contribution in [0.1, 0.15) is 46.5 Å². The zero-order chi connectivity index (χ0) is 10.8. The van der Waals surface area contributed by atoms with Crippen molar-refractivity contribution in [2.45, 2.75) is 52.1 Å². The van der Waals surface area contributed by atoms with E-state index >= 15 is 0 Å². The minimum atomic E-state index is -0.479. The second-order valence-corrected chi connectivity index (χ2v) is 5.33. The molecule has 1 saturated carbocycles. The number of hydrogen-bond donors (Lipinski definition) is 1. The minimum absolute atomic E-state index is 0.455. The van der Waals surface area contributed by atoms with E-state index < -0.39 is 5.60 Å². The first kappa shape index (κ1) is 11.8. The SMILES string of the molecule is C=CC[C@]1(O)C[C@H](C)CC[C@H]1C(C)C. The van der Waals surface area contributed by atoms with Crippen molar-refractivity contribution < 1.29 is 5.11 Å². The molecule has 1 rings (SSSR count). The van der Waals surface area contributed by atoms with Gasteiger partial charge in [0.25, 0.3) is 0 Å². The summed E-state index contributed by atoms with van der Waals surface area (Å²) < 4.78 is 0. The number of rotatable bonds is 3. The Balaban J connectivity index is 2.76. The van der Waals surface area contributed by atoms with Crippen LogP contribution in [0, 0.1) is 17.8 Å². The third kappa shape index (κ3) is 2.38. The van der Waals surface area contributed by atoms with Gasteiger partial charge in [0.15, 0.2) is 0 Å². The molecule has 82 valence electrons. The topological polar surface area (TPSA) is 20.2 Å². The Kier molecular flexibility index (Phi) is 3.77. The van der Waals surface area contributed by atoms with Gasteiger partial charge in [-0.25, -0.2) is 0 Å². The van der Waals surface area contributed by atoms with Crippen LogP contribution in [-0.4, -0.2) is 10.7 Å². The molecule has 1 N–H and O–H groups in total. The second kappa shape index (κ2) is 4.48. The van der Waals surface area contributed by atoms with Gasteiger partial charge in [-0.3, -0.25) is 0 Å². The van der Waals surface area contributed by atoms with Crippen molar-refractivity contribution in [1.29, 1.82) is 0 Å². The predicted octanol–water partition coefficient (Wildman–Crippen LogP) is 3.39. The van der Waals surface area contributed by atoms with Crippen molar-refractivity contribution in [3.63, 3.8) is 0 Å². The fraction of sp³-hybridized carbons (Fsp3) is 0.846. The summed E-state index contributed by atoms with van der Waals surface area (Å²) >= 11 is 0. The van der Waals surface area contributed by atoms with Crippen LogP contribution >= 0.6 is 0 Å². The van der Waals surface area contributed by atoms with E-state index in [0.717, 1.165) is 12.8 Å². The Labute approximate surface area is 88.2 Å². The van der Waals surface area contributed by atoms with E-state index in [4.69, 9.17) is 0 Å².